The number of hydrogen-bond acceptors (Lipinski definition) is 4. The van der Waals surface area contributed by atoms with E-state index in [-0.39, 0.29) is 11.4 Å². The molecule has 1 aromatic carbocycles. The molecule has 0 unspecified atom stereocenters. The van der Waals surface area contributed by atoms with Crippen LogP contribution in [0.3, 0.4) is 0 Å². The Balaban J connectivity index is 1.71. The lowest BCUT2D eigenvalue weighted by Gasteiger charge is -2.34. The van der Waals surface area contributed by atoms with Gasteiger partial charge in [-0.3, -0.25) is 14.6 Å². The Kier molecular flexibility index (Phi) is 4.87. The van der Waals surface area contributed by atoms with Crippen LogP contribution in [-0.2, 0) is 4.79 Å². The topological polar surface area (TPSA) is 65.5 Å². The molecule has 25 heavy (non-hydrogen) atoms. The van der Waals surface area contributed by atoms with E-state index in [2.05, 4.69) is 15.2 Å². The van der Waals surface area contributed by atoms with E-state index in [1.165, 1.54) is 12.3 Å². The van der Waals surface area contributed by atoms with E-state index >= 15 is 0 Å². The average Bonchev–Trinajstić information content (AvgIpc) is 2.65. The van der Waals surface area contributed by atoms with Crippen LogP contribution in [0.2, 0.25) is 0 Å². The molecule has 0 bridgehead atoms. The fourth-order valence-corrected chi connectivity index (χ4v) is 2.59. The van der Waals surface area contributed by atoms with Crippen LogP contribution in [0.4, 0.5) is 20.2 Å². The molecule has 1 fully saturated rings. The van der Waals surface area contributed by atoms with E-state index in [1.54, 1.807) is 17.0 Å². The summed E-state index contributed by atoms with van der Waals surface area (Å²) in [4.78, 5) is 30.8. The van der Waals surface area contributed by atoms with E-state index in [9.17, 15) is 18.4 Å². The molecular weight excluding hydrogens is 330 g/mol. The third-order valence-electron chi connectivity index (χ3n) is 3.98. The fraction of sp³-hybridized carbons (Fsp3) is 0.235. The maximum atomic E-state index is 13.2. The lowest BCUT2D eigenvalue weighted by molar-refractivity contribution is -0.118. The van der Waals surface area contributed by atoms with Gasteiger partial charge in [0.25, 0.3) is 5.91 Å². The van der Waals surface area contributed by atoms with Gasteiger partial charge in [0, 0.05) is 49.8 Å². The number of carbonyl (C=O) groups excluding carboxylic acids is 2. The molecule has 1 aromatic heterocycles. The molecule has 1 aliphatic rings. The minimum absolute atomic E-state index is 0.149. The molecule has 0 spiro atoms. The predicted molar refractivity (Wildman–Crippen MR) is 88.4 cm³/mol. The lowest BCUT2D eigenvalue weighted by atomic mass is 10.2. The van der Waals surface area contributed by atoms with Gasteiger partial charge in [0.15, 0.2) is 11.6 Å². The van der Waals surface area contributed by atoms with Gasteiger partial charge in [-0.2, -0.15) is 0 Å². The molecule has 2 heterocycles. The number of carbonyl (C=O) groups is 2. The van der Waals surface area contributed by atoms with Gasteiger partial charge < -0.3 is 15.1 Å². The minimum atomic E-state index is -1.03. The van der Waals surface area contributed by atoms with Crippen molar-refractivity contribution in [3.8, 4) is 0 Å². The zero-order valence-corrected chi connectivity index (χ0v) is 13.3. The van der Waals surface area contributed by atoms with E-state index in [4.69, 9.17) is 0 Å². The first-order valence-corrected chi connectivity index (χ1v) is 7.73. The Labute approximate surface area is 143 Å². The van der Waals surface area contributed by atoms with Crippen molar-refractivity contribution < 1.29 is 18.4 Å². The molecular formula is C17H16F2N4O2. The smallest absolute Gasteiger partial charge is 0.274 e. The van der Waals surface area contributed by atoms with Gasteiger partial charge in [-0.25, -0.2) is 8.78 Å². The molecule has 0 saturated carbocycles. The van der Waals surface area contributed by atoms with Gasteiger partial charge in [-0.1, -0.05) is 0 Å². The van der Waals surface area contributed by atoms with Crippen LogP contribution in [0.15, 0.2) is 36.5 Å². The molecule has 0 aliphatic carbocycles. The van der Waals surface area contributed by atoms with E-state index in [0.29, 0.717) is 26.2 Å². The van der Waals surface area contributed by atoms with Crippen molar-refractivity contribution in [3.63, 3.8) is 0 Å². The molecule has 1 N–H and O–H groups in total. The van der Waals surface area contributed by atoms with Gasteiger partial charge in [0.1, 0.15) is 5.69 Å². The maximum absolute atomic E-state index is 13.2. The quantitative estimate of drug-likeness (QED) is 0.859. The van der Waals surface area contributed by atoms with Crippen LogP contribution in [0.1, 0.15) is 10.5 Å². The van der Waals surface area contributed by atoms with Crippen molar-refractivity contribution >= 4 is 23.7 Å². The molecule has 0 radical (unpaired) electrons. The summed E-state index contributed by atoms with van der Waals surface area (Å²) in [5, 5.41) is 2.49. The van der Waals surface area contributed by atoms with Crippen LogP contribution in [0.5, 0.6) is 0 Å². The highest BCUT2D eigenvalue weighted by molar-refractivity contribution is 6.03. The summed E-state index contributed by atoms with van der Waals surface area (Å²) in [7, 11) is 0. The van der Waals surface area contributed by atoms with Crippen molar-refractivity contribution in [2.75, 3.05) is 36.4 Å². The molecule has 6 nitrogen and oxygen atoms in total. The van der Waals surface area contributed by atoms with Crippen molar-refractivity contribution in [1.82, 2.24) is 9.88 Å². The summed E-state index contributed by atoms with van der Waals surface area (Å²) in [6.45, 7) is 2.55. The number of nitrogens with zero attached hydrogens (tertiary/aromatic N) is 3. The molecule has 3 rings (SSSR count). The summed E-state index contributed by atoms with van der Waals surface area (Å²) in [5.74, 6) is -2.53. The Morgan fingerprint density at radius 2 is 1.84 bits per heavy atom. The van der Waals surface area contributed by atoms with Crippen LogP contribution in [0.25, 0.3) is 0 Å². The van der Waals surface area contributed by atoms with Gasteiger partial charge in [-0.15, -0.1) is 0 Å². The standard InChI is InChI=1S/C17H16F2N4O2/c18-14-2-1-12(9-15(14)19)21-17(25)16-10-13(3-4-20-16)23-7-5-22(11-24)6-8-23/h1-4,9-11H,5-8H2,(H,21,25). The lowest BCUT2D eigenvalue weighted by Crippen LogP contribution is -2.45. The van der Waals surface area contributed by atoms with Gasteiger partial charge in [-0.05, 0) is 24.3 Å². The van der Waals surface area contributed by atoms with Gasteiger partial charge in [0.2, 0.25) is 6.41 Å². The summed E-state index contributed by atoms with van der Waals surface area (Å²) < 4.78 is 26.2. The van der Waals surface area contributed by atoms with Crippen molar-refractivity contribution in [3.05, 3.63) is 53.9 Å². The van der Waals surface area contributed by atoms with Crippen molar-refractivity contribution in [2.45, 2.75) is 0 Å². The third-order valence-corrected chi connectivity index (χ3v) is 3.98. The first-order chi connectivity index (χ1) is 12.1. The Hall–Kier alpha value is -3.03. The number of amides is 2. The summed E-state index contributed by atoms with van der Waals surface area (Å²) in [5.41, 5.74) is 1.13. The molecule has 2 aromatic rings. The second-order valence-electron chi connectivity index (χ2n) is 5.61. The summed E-state index contributed by atoms with van der Waals surface area (Å²) >= 11 is 0. The van der Waals surface area contributed by atoms with E-state index in [0.717, 1.165) is 24.2 Å². The highest BCUT2D eigenvalue weighted by Crippen LogP contribution is 2.18. The number of hydrogen-bond donors (Lipinski definition) is 1. The van der Waals surface area contributed by atoms with Crippen LogP contribution in [-0.4, -0.2) is 48.4 Å². The van der Waals surface area contributed by atoms with Crippen LogP contribution in [0, 0.1) is 11.6 Å². The van der Waals surface area contributed by atoms with Crippen molar-refractivity contribution in [2.24, 2.45) is 0 Å². The maximum Gasteiger partial charge on any atom is 0.274 e. The second kappa shape index (κ2) is 7.25. The molecule has 1 aliphatic heterocycles. The molecule has 130 valence electrons. The van der Waals surface area contributed by atoms with E-state index in [1.807, 2.05) is 0 Å². The highest BCUT2D eigenvalue weighted by atomic mass is 19.2. The molecule has 2 amide bonds. The molecule has 8 heteroatoms. The third kappa shape index (κ3) is 3.90. The highest BCUT2D eigenvalue weighted by Gasteiger charge is 2.17. The summed E-state index contributed by atoms with van der Waals surface area (Å²) in [6.07, 6.45) is 2.34. The van der Waals surface area contributed by atoms with E-state index < -0.39 is 17.5 Å². The first kappa shape index (κ1) is 16.8. The Bertz CT molecular complexity index is 792. The number of pyridine rings is 1. The average molecular weight is 346 g/mol. The predicted octanol–water partition coefficient (Wildman–Crippen LogP) is 1.89. The molecule has 0 atom stereocenters. The number of halogens is 2. The van der Waals surface area contributed by atoms with Crippen molar-refractivity contribution in [1.29, 1.82) is 0 Å². The SMILES string of the molecule is O=CN1CCN(c2ccnc(C(=O)Nc3ccc(F)c(F)c3)c2)CC1. The van der Waals surface area contributed by atoms with Crippen LogP contribution < -0.4 is 10.2 Å². The van der Waals surface area contributed by atoms with Gasteiger partial charge >= 0.3 is 0 Å². The van der Waals surface area contributed by atoms with Gasteiger partial charge in [0.05, 0.1) is 0 Å². The zero-order chi connectivity index (χ0) is 17.8. The van der Waals surface area contributed by atoms with Crippen LogP contribution >= 0.6 is 0 Å². The number of nitrogens with one attached hydrogen (secondary N) is 1. The molecule has 1 saturated heterocycles. The number of rotatable bonds is 4. The Morgan fingerprint density at radius 1 is 1.08 bits per heavy atom. The zero-order valence-electron chi connectivity index (χ0n) is 13.3. The number of benzene rings is 1. The Morgan fingerprint density at radius 3 is 2.52 bits per heavy atom. The number of piperazine rings is 1. The fourth-order valence-electron chi connectivity index (χ4n) is 2.59. The normalized spacial score (nSPS) is 14.3. The number of aromatic nitrogens is 1. The second-order valence-corrected chi connectivity index (χ2v) is 5.61. The summed E-state index contributed by atoms with van der Waals surface area (Å²) in [6, 6.07) is 6.55. The monoisotopic (exact) mass is 346 g/mol. The largest absolute Gasteiger partial charge is 0.368 e. The minimum Gasteiger partial charge on any atom is -0.368 e. The number of anilines is 2. The first-order valence-electron chi connectivity index (χ1n) is 7.73.